The van der Waals surface area contributed by atoms with Gasteiger partial charge in [0, 0.05) is 31.2 Å². The van der Waals surface area contributed by atoms with E-state index in [1.54, 1.807) is 29.2 Å². The molecule has 1 aromatic rings. The molecular formula is C11H12N2O3. The highest BCUT2D eigenvalue weighted by atomic mass is 16.5. The highest BCUT2D eigenvalue weighted by molar-refractivity contribution is 5.88. The van der Waals surface area contributed by atoms with Gasteiger partial charge in [-0.25, -0.2) is 4.79 Å². The van der Waals surface area contributed by atoms with Crippen molar-refractivity contribution in [2.24, 2.45) is 0 Å². The molecule has 5 nitrogen and oxygen atoms in total. The molecule has 0 unspecified atom stereocenters. The van der Waals surface area contributed by atoms with Crippen LogP contribution in [0.25, 0.3) is 0 Å². The van der Waals surface area contributed by atoms with Gasteiger partial charge in [-0.2, -0.15) is 0 Å². The average molecular weight is 220 g/mol. The van der Waals surface area contributed by atoms with Crippen LogP contribution in [0.15, 0.2) is 24.5 Å². The zero-order valence-electron chi connectivity index (χ0n) is 8.90. The number of hydrogen-bond acceptors (Lipinski definition) is 3. The van der Waals surface area contributed by atoms with Crippen LogP contribution in [-0.2, 0) is 14.3 Å². The smallest absolute Gasteiger partial charge is 0.384 e. The fourth-order valence-electron chi connectivity index (χ4n) is 0.971. The first kappa shape index (κ1) is 11.9. The Kier molecular flexibility index (Phi) is 4.67. The van der Waals surface area contributed by atoms with Crippen molar-refractivity contribution in [3.8, 4) is 11.8 Å². The fourth-order valence-corrected chi connectivity index (χ4v) is 0.971. The molecule has 0 fully saturated rings. The summed E-state index contributed by atoms with van der Waals surface area (Å²) < 4.78 is 5.88. The van der Waals surface area contributed by atoms with Gasteiger partial charge in [-0.3, -0.25) is 14.9 Å². The summed E-state index contributed by atoms with van der Waals surface area (Å²) in [7, 11) is 1.26. The molecule has 0 saturated heterocycles. The number of rotatable bonds is 3. The summed E-state index contributed by atoms with van der Waals surface area (Å²) in [6.07, 6.45) is 4.00. The van der Waals surface area contributed by atoms with E-state index in [0.717, 1.165) is 0 Å². The summed E-state index contributed by atoms with van der Waals surface area (Å²) in [6, 6.07) is 3.61. The number of nitrogens with one attached hydrogen (secondary N) is 1. The van der Waals surface area contributed by atoms with E-state index >= 15 is 0 Å². The molecule has 0 aliphatic carbocycles. The third-order valence-corrected chi connectivity index (χ3v) is 1.71. The second kappa shape index (κ2) is 6.30. The zero-order valence-corrected chi connectivity index (χ0v) is 8.90. The summed E-state index contributed by atoms with van der Waals surface area (Å²) in [6.45, 7) is 0. The van der Waals surface area contributed by atoms with E-state index in [2.05, 4.69) is 22.0 Å². The molecule has 0 radical (unpaired) electrons. The standard InChI is InChI=1S/C11H12N2O3/c1-16-11(15)7-3-2-6-10(14)12-13-8-4-5-9-13/h4-5,8-9H,2,6H2,1H3,(H,12,14). The molecule has 16 heavy (non-hydrogen) atoms. The molecule has 5 heteroatoms. The van der Waals surface area contributed by atoms with Crippen LogP contribution in [-0.4, -0.2) is 23.7 Å². The number of ether oxygens (including phenoxy) is 1. The molecule has 0 aliphatic heterocycles. The van der Waals surface area contributed by atoms with Gasteiger partial charge in [0.05, 0.1) is 7.11 Å². The topological polar surface area (TPSA) is 60.3 Å². The molecule has 0 spiro atoms. The van der Waals surface area contributed by atoms with E-state index in [9.17, 15) is 9.59 Å². The van der Waals surface area contributed by atoms with Crippen molar-refractivity contribution in [1.82, 2.24) is 4.68 Å². The van der Waals surface area contributed by atoms with Gasteiger partial charge >= 0.3 is 5.97 Å². The van der Waals surface area contributed by atoms with Crippen LogP contribution in [0.1, 0.15) is 12.8 Å². The van der Waals surface area contributed by atoms with Gasteiger partial charge in [-0.05, 0) is 12.1 Å². The highest BCUT2D eigenvalue weighted by Crippen LogP contribution is 1.90. The van der Waals surface area contributed by atoms with Crippen molar-refractivity contribution < 1.29 is 14.3 Å². The van der Waals surface area contributed by atoms with E-state index in [-0.39, 0.29) is 12.3 Å². The van der Waals surface area contributed by atoms with Crippen molar-refractivity contribution in [3.63, 3.8) is 0 Å². The fraction of sp³-hybridized carbons (Fsp3) is 0.273. The molecule has 0 atom stereocenters. The van der Waals surface area contributed by atoms with Crippen LogP contribution in [0.5, 0.6) is 0 Å². The Morgan fingerprint density at radius 1 is 1.38 bits per heavy atom. The highest BCUT2D eigenvalue weighted by Gasteiger charge is 1.99. The van der Waals surface area contributed by atoms with E-state index < -0.39 is 5.97 Å². The first-order valence-corrected chi connectivity index (χ1v) is 4.72. The van der Waals surface area contributed by atoms with Gasteiger partial charge in [-0.1, -0.05) is 5.92 Å². The first-order valence-electron chi connectivity index (χ1n) is 4.72. The van der Waals surface area contributed by atoms with E-state index in [4.69, 9.17) is 0 Å². The van der Waals surface area contributed by atoms with Crippen molar-refractivity contribution in [3.05, 3.63) is 24.5 Å². The van der Waals surface area contributed by atoms with Crippen LogP contribution in [0, 0.1) is 11.8 Å². The average Bonchev–Trinajstić information content (AvgIpc) is 2.76. The normalized spacial score (nSPS) is 8.81. The molecule has 1 amide bonds. The van der Waals surface area contributed by atoms with E-state index in [1.807, 2.05) is 0 Å². The number of methoxy groups -OCH3 is 1. The van der Waals surface area contributed by atoms with E-state index in [0.29, 0.717) is 6.42 Å². The Labute approximate surface area is 93.4 Å². The number of esters is 1. The summed E-state index contributed by atoms with van der Waals surface area (Å²) in [5, 5.41) is 0. The molecule has 1 rings (SSSR count). The quantitative estimate of drug-likeness (QED) is 0.459. The molecule has 1 aromatic heterocycles. The lowest BCUT2D eigenvalue weighted by molar-refractivity contribution is -0.133. The Bertz CT molecular complexity index is 412. The number of aromatic nitrogens is 1. The minimum Gasteiger partial charge on any atom is -0.459 e. The van der Waals surface area contributed by atoms with Gasteiger partial charge in [0.1, 0.15) is 0 Å². The zero-order chi connectivity index (χ0) is 11.8. The van der Waals surface area contributed by atoms with Gasteiger partial charge in [0.2, 0.25) is 5.91 Å². The minimum atomic E-state index is -0.592. The number of carbonyl (C=O) groups excluding carboxylic acids is 2. The van der Waals surface area contributed by atoms with Gasteiger partial charge in [-0.15, -0.1) is 0 Å². The molecule has 1 heterocycles. The second-order valence-electron chi connectivity index (χ2n) is 2.92. The summed E-state index contributed by atoms with van der Waals surface area (Å²) in [5.74, 6) is 4.05. The lowest BCUT2D eigenvalue weighted by atomic mass is 10.3. The molecule has 0 saturated carbocycles. The number of carbonyl (C=O) groups is 2. The maximum absolute atomic E-state index is 11.3. The lowest BCUT2D eigenvalue weighted by Crippen LogP contribution is -2.20. The monoisotopic (exact) mass is 220 g/mol. The Balaban J connectivity index is 2.25. The van der Waals surface area contributed by atoms with Gasteiger partial charge in [0.25, 0.3) is 0 Å². The minimum absolute atomic E-state index is 0.157. The first-order chi connectivity index (χ1) is 7.72. The predicted octanol–water partition coefficient (Wildman–Crippen LogP) is 0.515. The molecule has 84 valence electrons. The van der Waals surface area contributed by atoms with E-state index in [1.165, 1.54) is 7.11 Å². The largest absolute Gasteiger partial charge is 0.459 e. The maximum atomic E-state index is 11.3. The number of amides is 1. The number of nitrogens with zero attached hydrogens (tertiary/aromatic N) is 1. The Hall–Kier alpha value is -2.22. The summed E-state index contributed by atoms with van der Waals surface area (Å²) in [4.78, 5) is 21.9. The second-order valence-corrected chi connectivity index (χ2v) is 2.92. The van der Waals surface area contributed by atoms with Crippen molar-refractivity contribution in [2.45, 2.75) is 12.8 Å². The molecule has 0 aliphatic rings. The summed E-state index contributed by atoms with van der Waals surface area (Å²) >= 11 is 0. The van der Waals surface area contributed by atoms with Crippen LogP contribution in [0.2, 0.25) is 0 Å². The van der Waals surface area contributed by atoms with Crippen molar-refractivity contribution in [1.29, 1.82) is 0 Å². The van der Waals surface area contributed by atoms with Gasteiger partial charge in [0.15, 0.2) is 0 Å². The van der Waals surface area contributed by atoms with Gasteiger partial charge < -0.3 is 4.74 Å². The Morgan fingerprint density at radius 2 is 2.06 bits per heavy atom. The lowest BCUT2D eigenvalue weighted by Gasteiger charge is -2.03. The molecular weight excluding hydrogens is 208 g/mol. The molecule has 0 bridgehead atoms. The predicted molar refractivity (Wildman–Crippen MR) is 57.8 cm³/mol. The SMILES string of the molecule is COC(=O)C#CCCC(=O)Nn1cccc1. The van der Waals surface area contributed by atoms with Crippen molar-refractivity contribution >= 4 is 11.9 Å². The Morgan fingerprint density at radius 3 is 2.69 bits per heavy atom. The van der Waals surface area contributed by atoms with Crippen molar-refractivity contribution in [2.75, 3.05) is 12.5 Å². The third-order valence-electron chi connectivity index (χ3n) is 1.71. The third kappa shape index (κ3) is 4.33. The summed E-state index contributed by atoms with van der Waals surface area (Å²) in [5.41, 5.74) is 2.62. The molecule has 0 aromatic carbocycles. The molecule has 1 N–H and O–H groups in total. The van der Waals surface area contributed by atoms with Crippen LogP contribution < -0.4 is 5.43 Å². The van der Waals surface area contributed by atoms with Crippen LogP contribution >= 0.6 is 0 Å². The maximum Gasteiger partial charge on any atom is 0.384 e. The van der Waals surface area contributed by atoms with Crippen LogP contribution in [0.4, 0.5) is 0 Å². The van der Waals surface area contributed by atoms with Crippen LogP contribution in [0.3, 0.4) is 0 Å². The number of hydrogen-bond donors (Lipinski definition) is 1.